The van der Waals surface area contributed by atoms with E-state index in [2.05, 4.69) is 6.92 Å². The summed E-state index contributed by atoms with van der Waals surface area (Å²) in [6, 6.07) is 7.45. The first kappa shape index (κ1) is 28.4. The van der Waals surface area contributed by atoms with Crippen LogP contribution in [0.2, 0.25) is 0 Å². The summed E-state index contributed by atoms with van der Waals surface area (Å²) in [4.78, 5) is 20.9. The lowest BCUT2D eigenvalue weighted by molar-refractivity contribution is -0.873. The topological polar surface area (TPSA) is 112 Å². The van der Waals surface area contributed by atoms with Gasteiger partial charge in [0.2, 0.25) is 0 Å². The van der Waals surface area contributed by atoms with Crippen molar-refractivity contribution in [3.05, 3.63) is 24.3 Å². The molecule has 2 atom stereocenters. The Bertz CT molecular complexity index is 722. The lowest BCUT2D eigenvalue weighted by atomic mass is 10.2. The molecule has 2 unspecified atom stereocenters. The minimum atomic E-state index is -4.35. The number of benzene rings is 1. The van der Waals surface area contributed by atoms with Gasteiger partial charge in [0.15, 0.2) is 0 Å². The first-order valence-electron chi connectivity index (χ1n) is 11.0. The molecule has 0 bridgehead atoms. The summed E-state index contributed by atoms with van der Waals surface area (Å²) in [6.07, 6.45) is 3.10. The largest absolute Gasteiger partial charge is 0.493 e. The molecule has 0 aliphatic carbocycles. The maximum Gasteiger partial charge on any atom is 0.472 e. The second-order valence-electron chi connectivity index (χ2n) is 8.69. The van der Waals surface area contributed by atoms with Gasteiger partial charge in [-0.15, -0.1) is 0 Å². The van der Waals surface area contributed by atoms with Gasteiger partial charge in [-0.2, -0.15) is 0 Å². The highest BCUT2D eigenvalue weighted by Gasteiger charge is 2.31. The van der Waals surface area contributed by atoms with E-state index in [0.29, 0.717) is 36.3 Å². The Hall–Kier alpha value is -1.64. The number of likely N-dealkylation sites (N-methyl/N-ethyl adjacent to an activating group) is 1. The lowest BCUT2D eigenvalue weighted by Gasteiger charge is -2.29. The minimum Gasteiger partial charge on any atom is -0.493 e. The maximum atomic E-state index is 12.2. The number of unbranched alkanes of at least 4 members (excludes halogenated alkanes) is 3. The second kappa shape index (κ2) is 14.5. The Kier molecular flexibility index (Phi) is 12.9. The molecule has 0 aliphatic rings. The number of rotatable bonds is 18. The summed E-state index contributed by atoms with van der Waals surface area (Å²) in [5.41, 5.74) is 0. The van der Waals surface area contributed by atoms with Crippen molar-refractivity contribution in [3.63, 3.8) is 0 Å². The van der Waals surface area contributed by atoms with Gasteiger partial charge in [-0.25, -0.2) is 4.57 Å². The van der Waals surface area contributed by atoms with E-state index >= 15 is 0 Å². The molecule has 0 radical (unpaired) electrons. The molecule has 0 spiro atoms. The van der Waals surface area contributed by atoms with Crippen molar-refractivity contribution in [1.29, 1.82) is 0 Å². The summed E-state index contributed by atoms with van der Waals surface area (Å²) in [5, 5.41) is 9.01. The Morgan fingerprint density at radius 1 is 1.03 bits per heavy atom. The molecule has 1 aromatic carbocycles. The minimum absolute atomic E-state index is 0.00187. The van der Waals surface area contributed by atoms with E-state index in [0.717, 1.165) is 25.0 Å². The fraction of sp³-hybridized carbons (Fsp3) is 0.682. The molecule has 0 saturated carbocycles. The first-order valence-corrected chi connectivity index (χ1v) is 12.5. The monoisotopic (exact) mass is 476 g/mol. The van der Waals surface area contributed by atoms with Crippen LogP contribution in [0, 0.1) is 0 Å². The van der Waals surface area contributed by atoms with E-state index in [9.17, 15) is 14.3 Å². The normalized spacial score (nSPS) is 14.5. The number of phosphoric acid groups is 1. The third-order valence-electron chi connectivity index (χ3n) is 4.32. The van der Waals surface area contributed by atoms with Crippen molar-refractivity contribution in [2.45, 2.75) is 51.6 Å². The van der Waals surface area contributed by atoms with Gasteiger partial charge in [-0.05, 0) is 31.4 Å². The molecule has 0 fully saturated rings. The number of ether oxygens (including phenoxy) is 2. The van der Waals surface area contributed by atoms with Crippen molar-refractivity contribution in [2.75, 3.05) is 47.5 Å². The highest BCUT2D eigenvalue weighted by molar-refractivity contribution is 7.47. The van der Waals surface area contributed by atoms with Crippen LogP contribution in [0.15, 0.2) is 24.3 Å². The van der Waals surface area contributed by atoms with E-state index in [1.807, 2.05) is 45.4 Å². The molecule has 32 heavy (non-hydrogen) atoms. The van der Waals surface area contributed by atoms with Crippen LogP contribution in [0.1, 0.15) is 45.4 Å². The summed E-state index contributed by atoms with van der Waals surface area (Å²) in [7, 11) is 1.18. The summed E-state index contributed by atoms with van der Waals surface area (Å²) in [5.74, 6) is 0.369. The fourth-order valence-electron chi connectivity index (χ4n) is 2.93. The molecule has 0 heterocycles. The van der Waals surface area contributed by atoms with E-state index in [4.69, 9.17) is 23.6 Å². The molecule has 2 N–H and O–H groups in total. The summed E-state index contributed by atoms with van der Waals surface area (Å²) < 4.78 is 34.1. The zero-order chi connectivity index (χ0) is 24.0. The summed E-state index contributed by atoms with van der Waals surface area (Å²) in [6.45, 7) is 3.51. The van der Waals surface area contributed by atoms with Crippen LogP contribution >= 0.6 is 7.82 Å². The molecule has 10 heteroatoms. The molecule has 0 amide bonds. The first-order chi connectivity index (χ1) is 15.0. The predicted molar refractivity (Wildman–Crippen MR) is 122 cm³/mol. The van der Waals surface area contributed by atoms with Gasteiger partial charge in [0.1, 0.15) is 24.1 Å². The zero-order valence-corrected chi connectivity index (χ0v) is 20.6. The third-order valence-corrected chi connectivity index (χ3v) is 5.39. The molecular formula is C22H39NO8P+. The van der Waals surface area contributed by atoms with E-state index in [1.54, 1.807) is 0 Å². The highest BCUT2D eigenvalue weighted by Crippen LogP contribution is 2.45. The van der Waals surface area contributed by atoms with Gasteiger partial charge in [0.05, 0.1) is 47.4 Å². The standard InChI is InChI=1S/C22H38NO8P/c1-5-6-7-13-28-19-11-10-12-20(16-19)29-14-8-9-15-30-32(26,27)31-21(17-22(24)25)18-23(2,3)4/h10-12,16,21H,5-9,13-15,17-18H2,1-4H3,(H-,24,25,26,27)/p+1. The fourth-order valence-corrected chi connectivity index (χ4v) is 3.87. The average molecular weight is 477 g/mol. The molecule has 184 valence electrons. The average Bonchev–Trinajstić information content (AvgIpc) is 2.66. The molecule has 0 saturated heterocycles. The van der Waals surface area contributed by atoms with E-state index in [1.165, 1.54) is 0 Å². The SMILES string of the molecule is CCCCCOc1cccc(OCCCCOP(=O)(O)OC(CC(=O)O)C[N+](C)(C)C)c1. The molecule has 0 aliphatic heterocycles. The van der Waals surface area contributed by atoms with Crippen LogP contribution in [-0.2, 0) is 18.4 Å². The number of quaternary nitrogens is 1. The van der Waals surface area contributed by atoms with Crippen molar-refractivity contribution in [3.8, 4) is 11.5 Å². The number of carbonyl (C=O) groups is 1. The van der Waals surface area contributed by atoms with E-state index < -0.39 is 19.9 Å². The number of hydrogen-bond acceptors (Lipinski definition) is 6. The van der Waals surface area contributed by atoms with Crippen LogP contribution in [0.5, 0.6) is 11.5 Å². The van der Waals surface area contributed by atoms with Crippen molar-refractivity contribution in [1.82, 2.24) is 0 Å². The van der Waals surface area contributed by atoms with Crippen LogP contribution in [0.25, 0.3) is 0 Å². The zero-order valence-electron chi connectivity index (χ0n) is 19.7. The summed E-state index contributed by atoms with van der Waals surface area (Å²) >= 11 is 0. The number of nitrogens with zero attached hydrogens (tertiary/aromatic N) is 1. The van der Waals surface area contributed by atoms with Gasteiger partial charge in [-0.3, -0.25) is 13.8 Å². The van der Waals surface area contributed by atoms with Gasteiger partial charge in [0.25, 0.3) is 0 Å². The Labute approximate surface area is 191 Å². The maximum absolute atomic E-state index is 12.2. The smallest absolute Gasteiger partial charge is 0.472 e. The lowest BCUT2D eigenvalue weighted by Crippen LogP contribution is -2.42. The van der Waals surface area contributed by atoms with Crippen LogP contribution in [-0.4, -0.2) is 74.1 Å². The molecule has 0 aromatic heterocycles. The molecule has 1 aromatic rings. The Balaban J connectivity index is 2.32. The number of carboxylic acids is 1. The van der Waals surface area contributed by atoms with Crippen molar-refractivity contribution in [2.24, 2.45) is 0 Å². The molecule has 9 nitrogen and oxygen atoms in total. The predicted octanol–water partition coefficient (Wildman–Crippen LogP) is 4.10. The number of hydrogen-bond donors (Lipinski definition) is 2. The number of aliphatic carboxylic acids is 1. The quantitative estimate of drug-likeness (QED) is 0.185. The van der Waals surface area contributed by atoms with Crippen LogP contribution in [0.4, 0.5) is 0 Å². The number of carboxylic acid groups (broad SMARTS) is 1. The van der Waals surface area contributed by atoms with Crippen molar-refractivity contribution >= 4 is 13.8 Å². The van der Waals surface area contributed by atoms with Gasteiger partial charge >= 0.3 is 13.8 Å². The van der Waals surface area contributed by atoms with Gasteiger partial charge in [0, 0.05) is 6.07 Å². The van der Waals surface area contributed by atoms with E-state index in [-0.39, 0.29) is 19.6 Å². The van der Waals surface area contributed by atoms with Gasteiger partial charge in [-0.1, -0.05) is 25.8 Å². The molecule has 1 rings (SSSR count). The Morgan fingerprint density at radius 3 is 2.12 bits per heavy atom. The van der Waals surface area contributed by atoms with Crippen LogP contribution in [0.3, 0.4) is 0 Å². The van der Waals surface area contributed by atoms with Crippen molar-refractivity contribution < 1.29 is 42.4 Å². The second-order valence-corrected chi connectivity index (χ2v) is 10.1. The van der Waals surface area contributed by atoms with Gasteiger partial charge < -0.3 is 24.0 Å². The Morgan fingerprint density at radius 2 is 1.59 bits per heavy atom. The van der Waals surface area contributed by atoms with Crippen LogP contribution < -0.4 is 9.47 Å². The number of phosphoric ester groups is 1. The molecular weight excluding hydrogens is 437 g/mol. The highest BCUT2D eigenvalue weighted by atomic mass is 31.2. The third kappa shape index (κ3) is 14.4.